The van der Waals surface area contributed by atoms with Crippen molar-refractivity contribution < 1.29 is 29.4 Å². The van der Waals surface area contributed by atoms with E-state index in [4.69, 9.17) is 0 Å². The number of hydrogen-bond acceptors (Lipinski definition) is 7. The molecule has 0 aliphatic carbocycles. The van der Waals surface area contributed by atoms with Crippen molar-refractivity contribution in [1.82, 2.24) is 20.0 Å². The van der Waals surface area contributed by atoms with Gasteiger partial charge in [0.2, 0.25) is 5.91 Å². The Morgan fingerprint density at radius 2 is 1.91 bits per heavy atom. The van der Waals surface area contributed by atoms with Gasteiger partial charge in [0.1, 0.15) is 5.70 Å². The van der Waals surface area contributed by atoms with E-state index in [1.54, 1.807) is 16.7 Å². The van der Waals surface area contributed by atoms with E-state index in [-0.39, 0.29) is 34.9 Å². The Balaban J connectivity index is 1.34. The van der Waals surface area contributed by atoms with Gasteiger partial charge in [-0.2, -0.15) is 0 Å². The molecule has 4 aliphatic heterocycles. The van der Waals surface area contributed by atoms with E-state index in [2.05, 4.69) is 5.32 Å². The number of piperazine rings is 1. The van der Waals surface area contributed by atoms with Gasteiger partial charge in [0, 0.05) is 54.8 Å². The fourth-order valence-electron chi connectivity index (χ4n) is 5.37. The summed E-state index contributed by atoms with van der Waals surface area (Å²) >= 11 is 1.50. The molecule has 0 radical (unpaired) electrons. The second kappa shape index (κ2) is 9.71. The quantitative estimate of drug-likeness (QED) is 0.242. The number of likely N-dealkylation sites (N-methyl/N-ethyl adjacent to an activating group) is 1. The van der Waals surface area contributed by atoms with Crippen LogP contribution in [0.3, 0.4) is 0 Å². The highest BCUT2D eigenvalue weighted by molar-refractivity contribution is 8.03. The molecule has 10 nitrogen and oxygen atoms in total. The minimum absolute atomic E-state index is 0.0535. The standard InChI is InChI=1S/C23H32N4O6S/c1-4-25-8-9-26(22(31)21(25)30)7-5-6-14-10-15(11-24-14)34-19-12(2)17-16(13(3)28)20(29)27(17)18(19)23(32)33/h5-6,12-17,24,28H,4,7-11H2,1-3H3,(H,32,33)/t12-,13-,14-,15+,16-,17-/m1/s1. The molecule has 11 heteroatoms. The molecule has 0 aromatic rings. The van der Waals surface area contributed by atoms with Crippen LogP contribution < -0.4 is 5.32 Å². The Labute approximate surface area is 203 Å². The molecule has 3 amide bonds. The van der Waals surface area contributed by atoms with E-state index >= 15 is 0 Å². The van der Waals surface area contributed by atoms with Crippen molar-refractivity contribution in [3.8, 4) is 0 Å². The Kier molecular flexibility index (Phi) is 7.07. The van der Waals surface area contributed by atoms with Crippen molar-refractivity contribution in [2.24, 2.45) is 11.8 Å². The van der Waals surface area contributed by atoms with Crippen LogP contribution in [0.4, 0.5) is 0 Å². The van der Waals surface area contributed by atoms with Crippen LogP contribution in [0.2, 0.25) is 0 Å². The number of carboxylic acid groups (broad SMARTS) is 1. The maximum Gasteiger partial charge on any atom is 0.353 e. The van der Waals surface area contributed by atoms with Gasteiger partial charge < -0.3 is 30.2 Å². The fourth-order valence-corrected chi connectivity index (χ4v) is 6.86. The number of carbonyl (C=O) groups is 4. The summed E-state index contributed by atoms with van der Waals surface area (Å²) in [5, 5.41) is 23.3. The zero-order valence-electron chi connectivity index (χ0n) is 19.6. The Hall–Kier alpha value is -2.37. The molecule has 4 aliphatic rings. The lowest BCUT2D eigenvalue weighted by Crippen LogP contribution is -2.63. The van der Waals surface area contributed by atoms with Crippen molar-refractivity contribution in [2.45, 2.75) is 50.6 Å². The van der Waals surface area contributed by atoms with Gasteiger partial charge in [-0.3, -0.25) is 14.4 Å². The molecule has 186 valence electrons. The molecule has 4 rings (SSSR count). The largest absolute Gasteiger partial charge is 0.477 e. The second-order valence-electron chi connectivity index (χ2n) is 9.33. The Morgan fingerprint density at radius 1 is 1.24 bits per heavy atom. The van der Waals surface area contributed by atoms with Crippen LogP contribution >= 0.6 is 11.8 Å². The van der Waals surface area contributed by atoms with Crippen molar-refractivity contribution in [2.75, 3.05) is 32.7 Å². The fraction of sp³-hybridized carbons (Fsp3) is 0.652. The predicted octanol–water partition coefficient (Wildman–Crippen LogP) is -0.149. The van der Waals surface area contributed by atoms with Crippen LogP contribution in [-0.2, 0) is 19.2 Å². The third kappa shape index (κ3) is 4.25. The highest BCUT2D eigenvalue weighted by Gasteiger charge is 2.60. The number of aliphatic carboxylic acids is 1. The number of nitrogens with one attached hydrogen (secondary N) is 1. The van der Waals surface area contributed by atoms with Gasteiger partial charge >= 0.3 is 17.8 Å². The summed E-state index contributed by atoms with van der Waals surface area (Å²) in [7, 11) is 0. The summed E-state index contributed by atoms with van der Waals surface area (Å²) < 4.78 is 0. The van der Waals surface area contributed by atoms with E-state index < -0.39 is 29.8 Å². The summed E-state index contributed by atoms with van der Waals surface area (Å²) in [4.78, 5) is 53.9. The summed E-state index contributed by atoms with van der Waals surface area (Å²) in [6, 6.07) is -0.228. The van der Waals surface area contributed by atoms with E-state index in [0.29, 0.717) is 37.6 Å². The lowest BCUT2D eigenvalue weighted by Gasteiger charge is -2.46. The van der Waals surface area contributed by atoms with Gasteiger partial charge in [-0.1, -0.05) is 19.1 Å². The Morgan fingerprint density at radius 3 is 2.56 bits per heavy atom. The molecular weight excluding hydrogens is 460 g/mol. The number of aliphatic hydroxyl groups excluding tert-OH is 1. The minimum Gasteiger partial charge on any atom is -0.477 e. The predicted molar refractivity (Wildman–Crippen MR) is 125 cm³/mol. The van der Waals surface area contributed by atoms with Gasteiger partial charge in [0.15, 0.2) is 0 Å². The van der Waals surface area contributed by atoms with Crippen LogP contribution in [0.25, 0.3) is 0 Å². The van der Waals surface area contributed by atoms with Crippen molar-refractivity contribution in [3.63, 3.8) is 0 Å². The number of carbonyl (C=O) groups excluding carboxylic acids is 3. The highest BCUT2D eigenvalue weighted by Crippen LogP contribution is 2.51. The second-order valence-corrected chi connectivity index (χ2v) is 10.7. The molecular formula is C23H32N4O6S. The van der Waals surface area contributed by atoms with Gasteiger partial charge in [0.05, 0.1) is 18.1 Å². The number of amides is 3. The number of carboxylic acids is 1. The average molecular weight is 493 g/mol. The molecule has 3 fully saturated rings. The third-order valence-electron chi connectivity index (χ3n) is 7.20. The summed E-state index contributed by atoms with van der Waals surface area (Å²) in [5.74, 6) is -3.06. The molecule has 3 N–H and O–H groups in total. The third-order valence-corrected chi connectivity index (χ3v) is 8.71. The van der Waals surface area contributed by atoms with E-state index in [1.165, 1.54) is 16.7 Å². The van der Waals surface area contributed by atoms with Crippen LogP contribution in [0, 0.1) is 11.8 Å². The zero-order valence-corrected chi connectivity index (χ0v) is 20.5. The number of fused-ring (bicyclic) bond motifs is 1. The van der Waals surface area contributed by atoms with Crippen molar-refractivity contribution in [1.29, 1.82) is 0 Å². The van der Waals surface area contributed by atoms with Gasteiger partial charge in [0.25, 0.3) is 0 Å². The first-order chi connectivity index (χ1) is 16.1. The van der Waals surface area contributed by atoms with E-state index in [9.17, 15) is 29.4 Å². The zero-order chi connectivity index (χ0) is 24.7. The molecule has 0 aromatic carbocycles. The number of hydrogen-bond donors (Lipinski definition) is 3. The molecule has 0 spiro atoms. The number of rotatable bonds is 8. The maximum atomic E-state index is 12.5. The highest BCUT2D eigenvalue weighted by atomic mass is 32.2. The molecule has 6 atom stereocenters. The monoisotopic (exact) mass is 492 g/mol. The molecule has 0 bridgehead atoms. The number of nitrogens with zero attached hydrogens (tertiary/aromatic N) is 3. The average Bonchev–Trinajstić information content (AvgIpc) is 3.32. The van der Waals surface area contributed by atoms with Crippen LogP contribution in [0.5, 0.6) is 0 Å². The topological polar surface area (TPSA) is 130 Å². The minimum atomic E-state index is -1.11. The molecule has 0 saturated carbocycles. The molecule has 4 heterocycles. The summed E-state index contributed by atoms with van der Waals surface area (Å²) in [5.41, 5.74) is 0.0535. The molecule has 34 heavy (non-hydrogen) atoms. The Bertz CT molecular complexity index is 950. The van der Waals surface area contributed by atoms with Gasteiger partial charge in [-0.05, 0) is 20.3 Å². The molecule has 0 aromatic heterocycles. The van der Waals surface area contributed by atoms with Crippen LogP contribution in [0.1, 0.15) is 27.2 Å². The van der Waals surface area contributed by atoms with Crippen LogP contribution in [0.15, 0.2) is 22.8 Å². The SMILES string of the molecule is CCN1CCN(CC=C[C@@H]2C[C@H](SC3=C(C(=O)O)N4C(=O)[C@H]([C@@H](C)O)[C@H]4[C@H]3C)CN2)C(=O)C1=O. The normalized spacial score (nSPS) is 32.6. The number of thioether (sulfide) groups is 1. The number of aliphatic hydroxyl groups is 1. The number of β-lactam (4-membered cyclic amide) rings is 1. The summed E-state index contributed by atoms with van der Waals surface area (Å²) in [6.45, 7) is 8.02. The van der Waals surface area contributed by atoms with Gasteiger partial charge in [-0.15, -0.1) is 11.8 Å². The van der Waals surface area contributed by atoms with E-state index in [1.807, 2.05) is 26.0 Å². The lowest BCUT2D eigenvalue weighted by molar-refractivity contribution is -0.163. The maximum absolute atomic E-state index is 12.5. The van der Waals surface area contributed by atoms with Crippen LogP contribution in [-0.4, -0.2) is 105 Å². The smallest absolute Gasteiger partial charge is 0.353 e. The first-order valence-electron chi connectivity index (χ1n) is 11.8. The van der Waals surface area contributed by atoms with Crippen molar-refractivity contribution >= 4 is 35.5 Å². The first kappa shape index (κ1) is 24.7. The molecule has 0 unspecified atom stereocenters. The lowest BCUT2D eigenvalue weighted by atomic mass is 9.79. The first-order valence-corrected chi connectivity index (χ1v) is 12.7. The van der Waals surface area contributed by atoms with E-state index in [0.717, 1.165) is 6.42 Å². The van der Waals surface area contributed by atoms with Gasteiger partial charge in [-0.25, -0.2) is 4.79 Å². The van der Waals surface area contributed by atoms with Crippen molar-refractivity contribution in [3.05, 3.63) is 22.8 Å². The molecule has 3 saturated heterocycles. The summed E-state index contributed by atoms with van der Waals surface area (Å²) in [6.07, 6.45) is 3.86.